The number of aliphatic carboxylic acids is 1. The van der Waals surface area contributed by atoms with Crippen LogP contribution in [-0.2, 0) is 9.53 Å². The summed E-state index contributed by atoms with van der Waals surface area (Å²) >= 11 is 0. The van der Waals surface area contributed by atoms with E-state index < -0.39 is 23.6 Å². The Labute approximate surface area is 108 Å². The largest absolute Gasteiger partial charge is 0.481 e. The van der Waals surface area contributed by atoms with Gasteiger partial charge in [0.25, 0.3) is 0 Å². The number of hydrogen-bond acceptors (Lipinski definition) is 3. The van der Waals surface area contributed by atoms with Gasteiger partial charge in [-0.3, -0.25) is 4.79 Å². The zero-order chi connectivity index (χ0) is 13.9. The summed E-state index contributed by atoms with van der Waals surface area (Å²) in [6.45, 7) is 8.28. The minimum absolute atomic E-state index is 0.243. The minimum atomic E-state index is -0.832. The molecule has 1 aliphatic heterocycles. The molecule has 0 aliphatic carbocycles. The Bertz CT molecular complexity index is 321. The van der Waals surface area contributed by atoms with Crippen LogP contribution in [0.5, 0.6) is 0 Å². The number of piperidine rings is 1. The lowest BCUT2D eigenvalue weighted by Crippen LogP contribution is -2.47. The van der Waals surface area contributed by atoms with Crippen molar-refractivity contribution in [2.24, 2.45) is 11.8 Å². The van der Waals surface area contributed by atoms with Crippen molar-refractivity contribution in [1.29, 1.82) is 0 Å². The predicted octanol–water partition coefficient (Wildman–Crippen LogP) is 2.35. The average Bonchev–Trinajstić information content (AvgIpc) is 2.26. The van der Waals surface area contributed by atoms with Crippen LogP contribution in [0.1, 0.15) is 40.5 Å². The van der Waals surface area contributed by atoms with Gasteiger partial charge in [0.05, 0.1) is 5.92 Å². The molecule has 1 aliphatic rings. The minimum Gasteiger partial charge on any atom is -0.481 e. The summed E-state index contributed by atoms with van der Waals surface area (Å²) in [5, 5.41) is 9.10. The number of carboxylic acids is 1. The molecule has 1 saturated heterocycles. The van der Waals surface area contributed by atoms with Gasteiger partial charge in [-0.25, -0.2) is 4.79 Å². The fourth-order valence-electron chi connectivity index (χ4n) is 2.15. The van der Waals surface area contributed by atoms with Gasteiger partial charge in [0.1, 0.15) is 5.60 Å². The molecule has 5 nitrogen and oxygen atoms in total. The van der Waals surface area contributed by atoms with Crippen LogP contribution in [0, 0.1) is 11.8 Å². The molecule has 1 fully saturated rings. The molecule has 1 amide bonds. The number of carboxylic acid groups (broad SMARTS) is 1. The van der Waals surface area contributed by atoms with E-state index in [2.05, 4.69) is 0 Å². The molecule has 5 heteroatoms. The van der Waals surface area contributed by atoms with Crippen LogP contribution in [0.2, 0.25) is 0 Å². The molecule has 0 aromatic heterocycles. The molecule has 1 heterocycles. The molecule has 0 aromatic rings. The standard InChI is InChI=1S/C13H23NO4/c1-5-9-6-10(11(15)16)8-14(7-9)12(17)18-13(2,3)4/h9-10H,5-8H2,1-4H3,(H,15,16). The van der Waals surface area contributed by atoms with Gasteiger partial charge in [0.2, 0.25) is 0 Å². The monoisotopic (exact) mass is 257 g/mol. The summed E-state index contributed by atoms with van der Waals surface area (Å²) in [5.41, 5.74) is -0.547. The molecule has 0 aromatic carbocycles. The van der Waals surface area contributed by atoms with E-state index in [4.69, 9.17) is 9.84 Å². The third kappa shape index (κ3) is 4.20. The number of likely N-dealkylation sites (tertiary alicyclic amines) is 1. The number of amides is 1. The Morgan fingerprint density at radius 3 is 2.39 bits per heavy atom. The molecule has 1 rings (SSSR count). The zero-order valence-electron chi connectivity index (χ0n) is 11.6. The molecule has 0 bridgehead atoms. The van der Waals surface area contributed by atoms with Crippen molar-refractivity contribution in [3.05, 3.63) is 0 Å². The molecule has 2 atom stereocenters. The smallest absolute Gasteiger partial charge is 0.410 e. The van der Waals surface area contributed by atoms with Gasteiger partial charge in [-0.05, 0) is 33.1 Å². The van der Waals surface area contributed by atoms with Crippen LogP contribution in [-0.4, -0.2) is 40.8 Å². The van der Waals surface area contributed by atoms with E-state index in [9.17, 15) is 9.59 Å². The second kappa shape index (κ2) is 5.59. The lowest BCUT2D eigenvalue weighted by molar-refractivity contribution is -0.144. The summed E-state index contributed by atoms with van der Waals surface area (Å²) in [7, 11) is 0. The fraction of sp³-hybridized carbons (Fsp3) is 0.846. The van der Waals surface area contributed by atoms with Gasteiger partial charge in [-0.2, -0.15) is 0 Å². The Morgan fingerprint density at radius 2 is 1.94 bits per heavy atom. The van der Waals surface area contributed by atoms with E-state index in [1.54, 1.807) is 20.8 Å². The molecule has 18 heavy (non-hydrogen) atoms. The average molecular weight is 257 g/mol. The maximum atomic E-state index is 12.0. The molecule has 2 unspecified atom stereocenters. The Balaban J connectivity index is 2.69. The third-order valence-corrected chi connectivity index (χ3v) is 3.12. The highest BCUT2D eigenvalue weighted by Gasteiger charge is 2.34. The molecule has 0 radical (unpaired) electrons. The predicted molar refractivity (Wildman–Crippen MR) is 67.3 cm³/mol. The molecular formula is C13H23NO4. The number of rotatable bonds is 2. The van der Waals surface area contributed by atoms with Crippen molar-refractivity contribution in [2.45, 2.75) is 46.1 Å². The van der Waals surface area contributed by atoms with Gasteiger partial charge in [0, 0.05) is 13.1 Å². The van der Waals surface area contributed by atoms with Crippen molar-refractivity contribution in [1.82, 2.24) is 4.90 Å². The van der Waals surface area contributed by atoms with Gasteiger partial charge in [0.15, 0.2) is 0 Å². The number of ether oxygens (including phenoxy) is 1. The van der Waals surface area contributed by atoms with E-state index in [1.165, 1.54) is 4.90 Å². The SMILES string of the molecule is CCC1CC(C(=O)O)CN(C(=O)OC(C)(C)C)C1. The van der Waals surface area contributed by atoms with Crippen LogP contribution in [0.25, 0.3) is 0 Å². The van der Waals surface area contributed by atoms with E-state index in [0.717, 1.165) is 6.42 Å². The number of carbonyl (C=O) groups excluding carboxylic acids is 1. The van der Waals surface area contributed by atoms with Crippen LogP contribution >= 0.6 is 0 Å². The summed E-state index contributed by atoms with van der Waals surface area (Å²) in [5.74, 6) is -1.06. The second-order valence-electron chi connectivity index (χ2n) is 5.93. The molecule has 0 saturated carbocycles. The van der Waals surface area contributed by atoms with Crippen molar-refractivity contribution < 1.29 is 19.4 Å². The highest BCUT2D eigenvalue weighted by molar-refractivity contribution is 5.73. The summed E-state index contributed by atoms with van der Waals surface area (Å²) < 4.78 is 5.29. The Morgan fingerprint density at radius 1 is 1.33 bits per heavy atom. The third-order valence-electron chi connectivity index (χ3n) is 3.12. The van der Waals surface area contributed by atoms with Crippen molar-refractivity contribution in [3.63, 3.8) is 0 Å². The van der Waals surface area contributed by atoms with Gasteiger partial charge >= 0.3 is 12.1 Å². The van der Waals surface area contributed by atoms with Gasteiger partial charge < -0.3 is 14.7 Å². The fourth-order valence-corrected chi connectivity index (χ4v) is 2.15. The van der Waals surface area contributed by atoms with Crippen molar-refractivity contribution in [3.8, 4) is 0 Å². The van der Waals surface area contributed by atoms with Crippen LogP contribution < -0.4 is 0 Å². The van der Waals surface area contributed by atoms with Crippen LogP contribution in [0.4, 0.5) is 4.79 Å². The van der Waals surface area contributed by atoms with E-state index in [1.807, 2.05) is 6.92 Å². The van der Waals surface area contributed by atoms with Crippen LogP contribution in [0.3, 0.4) is 0 Å². The normalized spacial score (nSPS) is 24.8. The van der Waals surface area contributed by atoms with Crippen LogP contribution in [0.15, 0.2) is 0 Å². The highest BCUT2D eigenvalue weighted by atomic mass is 16.6. The molecule has 0 spiro atoms. The van der Waals surface area contributed by atoms with E-state index in [0.29, 0.717) is 13.0 Å². The van der Waals surface area contributed by atoms with Crippen molar-refractivity contribution in [2.75, 3.05) is 13.1 Å². The molecule has 104 valence electrons. The van der Waals surface area contributed by atoms with Crippen molar-refractivity contribution >= 4 is 12.1 Å². The highest BCUT2D eigenvalue weighted by Crippen LogP contribution is 2.25. The van der Waals surface area contributed by atoms with Gasteiger partial charge in [-0.15, -0.1) is 0 Å². The first-order valence-electron chi connectivity index (χ1n) is 6.43. The summed E-state index contributed by atoms with van der Waals surface area (Å²) in [6.07, 6.45) is 1.11. The zero-order valence-corrected chi connectivity index (χ0v) is 11.6. The quantitative estimate of drug-likeness (QED) is 0.824. The lowest BCUT2D eigenvalue weighted by Gasteiger charge is -2.36. The van der Waals surface area contributed by atoms with E-state index >= 15 is 0 Å². The number of carbonyl (C=O) groups is 2. The maximum absolute atomic E-state index is 12.0. The Kier molecular flexibility index (Phi) is 4.59. The first-order chi connectivity index (χ1) is 8.23. The number of nitrogens with zero attached hydrogens (tertiary/aromatic N) is 1. The van der Waals surface area contributed by atoms with Gasteiger partial charge in [-0.1, -0.05) is 13.3 Å². The van der Waals surface area contributed by atoms with E-state index in [-0.39, 0.29) is 12.5 Å². The first kappa shape index (κ1) is 14.8. The topological polar surface area (TPSA) is 66.8 Å². The molecule has 1 N–H and O–H groups in total. The summed E-state index contributed by atoms with van der Waals surface area (Å²) in [6, 6.07) is 0. The lowest BCUT2D eigenvalue weighted by atomic mass is 9.88. The molecular weight excluding hydrogens is 234 g/mol. The summed E-state index contributed by atoms with van der Waals surface area (Å²) in [4.78, 5) is 24.6. The Hall–Kier alpha value is -1.26. The maximum Gasteiger partial charge on any atom is 0.410 e. The first-order valence-corrected chi connectivity index (χ1v) is 6.43. The number of hydrogen-bond donors (Lipinski definition) is 1. The second-order valence-corrected chi connectivity index (χ2v) is 5.93.